The molecule has 0 saturated carbocycles. The zero-order valence-electron chi connectivity index (χ0n) is 18.7. The van der Waals surface area contributed by atoms with Gasteiger partial charge in [-0.15, -0.1) is 24.0 Å². The van der Waals surface area contributed by atoms with Crippen LogP contribution in [-0.2, 0) is 11.3 Å². The van der Waals surface area contributed by atoms with Gasteiger partial charge in [-0.05, 0) is 37.6 Å². The number of nitrogens with two attached hydrogens (primary N) is 1. The van der Waals surface area contributed by atoms with Crippen LogP contribution in [0.15, 0.2) is 47.6 Å². The summed E-state index contributed by atoms with van der Waals surface area (Å²) in [6, 6.07) is 11.4. The molecule has 32 heavy (non-hydrogen) atoms. The van der Waals surface area contributed by atoms with E-state index in [0.29, 0.717) is 36.5 Å². The quantitative estimate of drug-likeness (QED) is 0.190. The minimum absolute atomic E-state index is 0. The SMILES string of the molecule is CCCOc1ccccc1Oc1ncccc1CN=C(N)NCCCN1CCOCC1.I. The van der Waals surface area contributed by atoms with Crippen molar-refractivity contribution in [1.82, 2.24) is 15.2 Å². The number of pyridine rings is 1. The molecule has 0 aliphatic carbocycles. The molecule has 2 heterocycles. The van der Waals surface area contributed by atoms with Crippen molar-refractivity contribution in [3.8, 4) is 17.4 Å². The maximum absolute atomic E-state index is 6.05. The smallest absolute Gasteiger partial charge is 0.224 e. The van der Waals surface area contributed by atoms with Crippen LogP contribution in [0, 0.1) is 0 Å². The minimum Gasteiger partial charge on any atom is -0.490 e. The van der Waals surface area contributed by atoms with Gasteiger partial charge in [-0.25, -0.2) is 9.98 Å². The van der Waals surface area contributed by atoms with E-state index in [4.69, 9.17) is 19.9 Å². The zero-order valence-corrected chi connectivity index (χ0v) is 21.0. The third-order valence-electron chi connectivity index (χ3n) is 4.85. The van der Waals surface area contributed by atoms with Crippen molar-refractivity contribution in [3.63, 3.8) is 0 Å². The summed E-state index contributed by atoms with van der Waals surface area (Å²) < 4.78 is 17.2. The zero-order chi connectivity index (χ0) is 21.7. The number of hydrogen-bond donors (Lipinski definition) is 2. The molecule has 176 valence electrons. The van der Waals surface area contributed by atoms with E-state index in [1.54, 1.807) is 6.20 Å². The Morgan fingerprint density at radius 3 is 2.75 bits per heavy atom. The molecule has 0 unspecified atom stereocenters. The van der Waals surface area contributed by atoms with Crippen molar-refractivity contribution in [2.75, 3.05) is 46.0 Å². The molecule has 0 amide bonds. The first-order valence-corrected chi connectivity index (χ1v) is 10.9. The van der Waals surface area contributed by atoms with E-state index in [2.05, 4.69) is 27.1 Å². The van der Waals surface area contributed by atoms with E-state index in [1.165, 1.54) is 0 Å². The molecule has 8 nitrogen and oxygen atoms in total. The lowest BCUT2D eigenvalue weighted by atomic mass is 10.2. The summed E-state index contributed by atoms with van der Waals surface area (Å²) in [4.78, 5) is 11.2. The molecule has 0 bridgehead atoms. The Bertz CT molecular complexity index is 831. The average Bonchev–Trinajstić information content (AvgIpc) is 2.81. The van der Waals surface area contributed by atoms with Crippen LogP contribution in [0.2, 0.25) is 0 Å². The van der Waals surface area contributed by atoms with Gasteiger partial charge in [0.05, 0.1) is 26.4 Å². The second kappa shape index (κ2) is 14.9. The van der Waals surface area contributed by atoms with E-state index < -0.39 is 0 Å². The lowest BCUT2D eigenvalue weighted by molar-refractivity contribution is 0.0376. The lowest BCUT2D eigenvalue weighted by Gasteiger charge is -2.26. The highest BCUT2D eigenvalue weighted by molar-refractivity contribution is 14.0. The van der Waals surface area contributed by atoms with Gasteiger partial charge in [0, 0.05) is 31.4 Å². The van der Waals surface area contributed by atoms with Crippen molar-refractivity contribution in [2.45, 2.75) is 26.3 Å². The summed E-state index contributed by atoms with van der Waals surface area (Å²) in [5.41, 5.74) is 6.90. The summed E-state index contributed by atoms with van der Waals surface area (Å²) >= 11 is 0. The van der Waals surface area contributed by atoms with E-state index >= 15 is 0 Å². The van der Waals surface area contributed by atoms with Gasteiger partial charge >= 0.3 is 0 Å². The molecule has 1 aromatic heterocycles. The van der Waals surface area contributed by atoms with Gasteiger partial charge in [-0.2, -0.15) is 0 Å². The van der Waals surface area contributed by atoms with Gasteiger partial charge < -0.3 is 25.3 Å². The molecule has 3 rings (SSSR count). The summed E-state index contributed by atoms with van der Waals surface area (Å²) in [6.07, 6.45) is 3.63. The van der Waals surface area contributed by atoms with Crippen molar-refractivity contribution in [2.24, 2.45) is 10.7 Å². The van der Waals surface area contributed by atoms with Crippen LogP contribution >= 0.6 is 24.0 Å². The van der Waals surface area contributed by atoms with Crippen LogP contribution in [0.1, 0.15) is 25.3 Å². The van der Waals surface area contributed by atoms with Crippen molar-refractivity contribution in [3.05, 3.63) is 48.2 Å². The topological polar surface area (TPSA) is 94.2 Å². The first-order chi connectivity index (χ1) is 15.3. The Hall–Kier alpha value is -2.11. The number of aliphatic imine (C=N–C) groups is 1. The number of hydrogen-bond acceptors (Lipinski definition) is 6. The number of guanidine groups is 1. The first kappa shape index (κ1) is 26.1. The maximum atomic E-state index is 6.05. The second-order valence-corrected chi connectivity index (χ2v) is 7.30. The Kier molecular flexibility index (Phi) is 12.1. The summed E-state index contributed by atoms with van der Waals surface area (Å²) in [7, 11) is 0. The molecule has 0 spiro atoms. The normalized spacial score (nSPS) is 14.5. The lowest BCUT2D eigenvalue weighted by Crippen LogP contribution is -2.39. The monoisotopic (exact) mass is 555 g/mol. The van der Waals surface area contributed by atoms with Gasteiger partial charge in [0.2, 0.25) is 5.88 Å². The number of para-hydroxylation sites is 2. The predicted molar refractivity (Wildman–Crippen MR) is 137 cm³/mol. The Morgan fingerprint density at radius 2 is 1.97 bits per heavy atom. The molecule has 1 aliphatic heterocycles. The third-order valence-corrected chi connectivity index (χ3v) is 4.85. The van der Waals surface area contributed by atoms with Crippen LogP contribution in [0.25, 0.3) is 0 Å². The van der Waals surface area contributed by atoms with E-state index in [0.717, 1.165) is 57.8 Å². The summed E-state index contributed by atoms with van der Waals surface area (Å²) in [6.45, 7) is 8.54. The second-order valence-electron chi connectivity index (χ2n) is 7.30. The van der Waals surface area contributed by atoms with Crippen molar-refractivity contribution >= 4 is 29.9 Å². The molecule has 0 atom stereocenters. The van der Waals surface area contributed by atoms with Crippen LogP contribution in [-0.4, -0.2) is 61.8 Å². The average molecular weight is 555 g/mol. The summed E-state index contributed by atoms with van der Waals surface area (Å²) in [5.74, 6) is 2.25. The van der Waals surface area contributed by atoms with E-state index in [9.17, 15) is 0 Å². The maximum Gasteiger partial charge on any atom is 0.224 e. The number of ether oxygens (including phenoxy) is 3. The number of halogens is 1. The molecular weight excluding hydrogens is 521 g/mol. The third kappa shape index (κ3) is 8.79. The molecule has 1 aromatic carbocycles. The molecule has 1 saturated heterocycles. The molecule has 3 N–H and O–H groups in total. The Morgan fingerprint density at radius 1 is 1.19 bits per heavy atom. The first-order valence-electron chi connectivity index (χ1n) is 10.9. The molecule has 0 radical (unpaired) electrons. The van der Waals surface area contributed by atoms with Gasteiger partial charge in [0.15, 0.2) is 17.5 Å². The highest BCUT2D eigenvalue weighted by atomic mass is 127. The molecule has 2 aromatic rings. The van der Waals surface area contributed by atoms with Gasteiger partial charge in [0.25, 0.3) is 0 Å². The Labute approximate surface area is 207 Å². The van der Waals surface area contributed by atoms with Crippen LogP contribution in [0.4, 0.5) is 0 Å². The largest absolute Gasteiger partial charge is 0.490 e. The predicted octanol–water partition coefficient (Wildman–Crippen LogP) is 3.41. The highest BCUT2D eigenvalue weighted by Crippen LogP contribution is 2.32. The molecular formula is C23H34IN5O3. The van der Waals surface area contributed by atoms with Crippen molar-refractivity contribution < 1.29 is 14.2 Å². The van der Waals surface area contributed by atoms with Crippen LogP contribution in [0.3, 0.4) is 0 Å². The summed E-state index contributed by atoms with van der Waals surface area (Å²) in [5, 5.41) is 3.18. The van der Waals surface area contributed by atoms with Crippen molar-refractivity contribution in [1.29, 1.82) is 0 Å². The number of benzene rings is 1. The van der Waals surface area contributed by atoms with E-state index in [-0.39, 0.29) is 24.0 Å². The molecule has 1 fully saturated rings. The number of rotatable bonds is 11. The Balaban J connectivity index is 0.00000363. The minimum atomic E-state index is 0. The number of nitrogens with zero attached hydrogens (tertiary/aromatic N) is 3. The number of aromatic nitrogens is 1. The molecule has 9 heteroatoms. The van der Waals surface area contributed by atoms with Crippen LogP contribution in [0.5, 0.6) is 17.4 Å². The standard InChI is InChI=1S/C23H33N5O3.HI/c1-2-15-30-20-8-3-4-9-21(20)31-22-19(7-5-10-25-22)18-27-23(24)26-11-6-12-28-13-16-29-17-14-28;/h3-5,7-10H,2,6,11-18H2,1H3,(H3,24,26,27);1H. The molecule has 1 aliphatic rings. The fraction of sp³-hybridized carbons (Fsp3) is 0.478. The fourth-order valence-corrected chi connectivity index (χ4v) is 3.18. The van der Waals surface area contributed by atoms with E-state index in [1.807, 2.05) is 36.4 Å². The van der Waals surface area contributed by atoms with Gasteiger partial charge in [-0.1, -0.05) is 25.1 Å². The van der Waals surface area contributed by atoms with Crippen LogP contribution < -0.4 is 20.5 Å². The number of morpholine rings is 1. The number of nitrogens with one attached hydrogen (secondary N) is 1. The highest BCUT2D eigenvalue weighted by Gasteiger charge is 2.11. The van der Waals surface area contributed by atoms with Gasteiger partial charge in [0.1, 0.15) is 0 Å². The van der Waals surface area contributed by atoms with Gasteiger partial charge in [-0.3, -0.25) is 4.90 Å². The fourth-order valence-electron chi connectivity index (χ4n) is 3.18.